The van der Waals surface area contributed by atoms with Gasteiger partial charge in [-0.1, -0.05) is 45.0 Å². The maximum absolute atomic E-state index is 13.4. The van der Waals surface area contributed by atoms with E-state index in [2.05, 4.69) is 30.7 Å². The van der Waals surface area contributed by atoms with Crippen molar-refractivity contribution < 1.29 is 9.53 Å². The van der Waals surface area contributed by atoms with Gasteiger partial charge >= 0.3 is 0 Å². The molecule has 3 aromatic rings. The number of ether oxygens (including phenoxy) is 1. The first kappa shape index (κ1) is 21.2. The molecule has 1 aliphatic rings. The summed E-state index contributed by atoms with van der Waals surface area (Å²) in [6, 6.07) is 15.0. The molecule has 1 aliphatic heterocycles. The number of fused-ring (bicyclic) bond motifs is 1. The molecular formula is C25H29N3O3. The van der Waals surface area contributed by atoms with Crippen LogP contribution in [0.25, 0.3) is 10.9 Å². The molecule has 1 amide bonds. The zero-order chi connectivity index (χ0) is 22.0. The van der Waals surface area contributed by atoms with E-state index in [0.29, 0.717) is 28.8 Å². The Balaban J connectivity index is 1.62. The molecule has 1 unspecified atom stereocenters. The van der Waals surface area contributed by atoms with Crippen LogP contribution in [0.2, 0.25) is 0 Å². The first-order valence-corrected chi connectivity index (χ1v) is 10.8. The van der Waals surface area contributed by atoms with E-state index in [1.165, 1.54) is 5.56 Å². The molecule has 2 heterocycles. The Morgan fingerprint density at radius 1 is 1.16 bits per heavy atom. The van der Waals surface area contributed by atoms with Gasteiger partial charge in [0.1, 0.15) is 5.82 Å². The molecule has 1 N–H and O–H groups in total. The molecule has 6 nitrogen and oxygen atoms in total. The third-order valence-corrected chi connectivity index (χ3v) is 5.74. The number of carbonyl (C=O) groups excluding carboxylic acids is 1. The van der Waals surface area contributed by atoms with Crippen molar-refractivity contribution in [1.29, 1.82) is 0 Å². The van der Waals surface area contributed by atoms with E-state index in [1.807, 2.05) is 42.5 Å². The average molecular weight is 420 g/mol. The summed E-state index contributed by atoms with van der Waals surface area (Å²) >= 11 is 0. The molecule has 0 bridgehead atoms. The Morgan fingerprint density at radius 2 is 1.90 bits per heavy atom. The second kappa shape index (κ2) is 8.63. The predicted octanol–water partition coefficient (Wildman–Crippen LogP) is 4.04. The van der Waals surface area contributed by atoms with Gasteiger partial charge in [-0.05, 0) is 48.1 Å². The van der Waals surface area contributed by atoms with E-state index < -0.39 is 0 Å². The number of carbonyl (C=O) groups is 1. The van der Waals surface area contributed by atoms with E-state index >= 15 is 0 Å². The van der Waals surface area contributed by atoms with Gasteiger partial charge in [0.25, 0.3) is 11.5 Å². The van der Waals surface area contributed by atoms with E-state index in [1.54, 1.807) is 11.0 Å². The Bertz CT molecular complexity index is 1120. The van der Waals surface area contributed by atoms with Gasteiger partial charge in [0.05, 0.1) is 23.6 Å². The summed E-state index contributed by atoms with van der Waals surface area (Å²) < 4.78 is 5.78. The molecule has 1 aromatic heterocycles. The molecule has 2 aromatic carbocycles. The summed E-state index contributed by atoms with van der Waals surface area (Å²) in [6.07, 6.45) is 1.93. The fraction of sp³-hybridized carbons (Fsp3) is 0.400. The van der Waals surface area contributed by atoms with Crippen LogP contribution < -0.4 is 5.56 Å². The third-order valence-electron chi connectivity index (χ3n) is 5.74. The number of aromatic amines is 1. The van der Waals surface area contributed by atoms with Crippen LogP contribution in [0.1, 0.15) is 55.4 Å². The molecule has 0 aliphatic carbocycles. The number of hydrogen-bond acceptors (Lipinski definition) is 4. The summed E-state index contributed by atoms with van der Waals surface area (Å²) in [4.78, 5) is 35.0. The van der Waals surface area contributed by atoms with Gasteiger partial charge in [-0.3, -0.25) is 9.59 Å². The second-order valence-corrected chi connectivity index (χ2v) is 9.18. The molecule has 31 heavy (non-hydrogen) atoms. The highest BCUT2D eigenvalue weighted by atomic mass is 16.5. The van der Waals surface area contributed by atoms with Crippen LogP contribution >= 0.6 is 0 Å². The van der Waals surface area contributed by atoms with Crippen molar-refractivity contribution in [2.75, 3.05) is 13.2 Å². The normalized spacial score (nSPS) is 16.5. The summed E-state index contributed by atoms with van der Waals surface area (Å²) in [5, 5.41) is 0.543. The van der Waals surface area contributed by atoms with Crippen molar-refractivity contribution >= 4 is 16.8 Å². The molecule has 6 heteroatoms. The Kier molecular flexibility index (Phi) is 5.92. The highest BCUT2D eigenvalue weighted by Gasteiger charge is 2.25. The Labute approximate surface area is 182 Å². The summed E-state index contributed by atoms with van der Waals surface area (Å²) in [7, 11) is 0. The summed E-state index contributed by atoms with van der Waals surface area (Å²) in [5.41, 5.74) is 2.25. The highest BCUT2D eigenvalue weighted by molar-refractivity contribution is 5.94. The first-order chi connectivity index (χ1) is 14.8. The van der Waals surface area contributed by atoms with Gasteiger partial charge in [-0.2, -0.15) is 0 Å². The number of rotatable bonds is 5. The molecular weight excluding hydrogens is 390 g/mol. The quantitative estimate of drug-likeness (QED) is 0.677. The molecule has 0 spiro atoms. The maximum Gasteiger partial charge on any atom is 0.258 e. The Hall–Kier alpha value is -2.99. The molecule has 1 fully saturated rings. The summed E-state index contributed by atoms with van der Waals surface area (Å²) in [6.45, 7) is 7.86. The first-order valence-electron chi connectivity index (χ1n) is 10.8. The standard InChI is InChI=1S/C25H29N3O3/c1-25(2,3)18-12-10-17(11-13-18)24(30)28(15-19-7-6-14-31-19)16-22-26-21-9-5-4-8-20(21)23(29)27-22/h4-5,8-13,19H,6-7,14-16H2,1-3H3,(H,26,27,29). The third kappa shape index (κ3) is 4.85. The lowest BCUT2D eigenvalue weighted by Crippen LogP contribution is -2.38. The number of amides is 1. The van der Waals surface area contributed by atoms with Gasteiger partial charge in [0, 0.05) is 18.7 Å². The van der Waals surface area contributed by atoms with Crippen molar-refractivity contribution in [3.8, 4) is 0 Å². The van der Waals surface area contributed by atoms with Gasteiger partial charge in [-0.25, -0.2) is 4.98 Å². The SMILES string of the molecule is CC(C)(C)c1ccc(C(=O)N(Cc2nc3ccccc3c(=O)[nH]2)CC2CCCO2)cc1. The van der Waals surface area contributed by atoms with Crippen LogP contribution in [-0.2, 0) is 16.7 Å². The fourth-order valence-corrected chi connectivity index (χ4v) is 3.94. The number of hydrogen-bond donors (Lipinski definition) is 1. The molecule has 1 saturated heterocycles. The topological polar surface area (TPSA) is 75.3 Å². The van der Waals surface area contributed by atoms with E-state index in [-0.39, 0.29) is 29.5 Å². The average Bonchev–Trinajstić information content (AvgIpc) is 3.25. The molecule has 162 valence electrons. The summed E-state index contributed by atoms with van der Waals surface area (Å²) in [5.74, 6) is 0.383. The van der Waals surface area contributed by atoms with Crippen LogP contribution in [-0.4, -0.2) is 40.0 Å². The minimum Gasteiger partial charge on any atom is -0.376 e. The van der Waals surface area contributed by atoms with Gasteiger partial charge in [0.15, 0.2) is 0 Å². The number of benzene rings is 2. The van der Waals surface area contributed by atoms with Crippen LogP contribution in [0.4, 0.5) is 0 Å². The molecule has 0 saturated carbocycles. The number of para-hydroxylation sites is 1. The lowest BCUT2D eigenvalue weighted by Gasteiger charge is -2.26. The molecule has 1 atom stereocenters. The lowest BCUT2D eigenvalue weighted by atomic mass is 9.86. The van der Waals surface area contributed by atoms with E-state index in [4.69, 9.17) is 4.74 Å². The van der Waals surface area contributed by atoms with Crippen molar-refractivity contribution in [2.45, 2.75) is 51.7 Å². The highest BCUT2D eigenvalue weighted by Crippen LogP contribution is 2.23. The minimum absolute atomic E-state index is 0.00461. The van der Waals surface area contributed by atoms with Crippen LogP contribution in [0.5, 0.6) is 0 Å². The number of aromatic nitrogens is 2. The largest absolute Gasteiger partial charge is 0.376 e. The molecule has 0 radical (unpaired) electrons. The predicted molar refractivity (Wildman–Crippen MR) is 121 cm³/mol. The van der Waals surface area contributed by atoms with Crippen molar-refractivity contribution in [2.24, 2.45) is 0 Å². The van der Waals surface area contributed by atoms with E-state index in [0.717, 1.165) is 19.4 Å². The second-order valence-electron chi connectivity index (χ2n) is 9.18. The van der Waals surface area contributed by atoms with Gasteiger partial charge < -0.3 is 14.6 Å². The fourth-order valence-electron chi connectivity index (χ4n) is 3.94. The lowest BCUT2D eigenvalue weighted by molar-refractivity contribution is 0.0501. The van der Waals surface area contributed by atoms with E-state index in [9.17, 15) is 9.59 Å². The van der Waals surface area contributed by atoms with Crippen molar-refractivity contribution in [3.05, 3.63) is 75.8 Å². The van der Waals surface area contributed by atoms with Gasteiger partial charge in [-0.15, -0.1) is 0 Å². The van der Waals surface area contributed by atoms with Crippen LogP contribution in [0.15, 0.2) is 53.3 Å². The minimum atomic E-state index is -0.195. The smallest absolute Gasteiger partial charge is 0.258 e. The molecule has 4 rings (SSSR count). The maximum atomic E-state index is 13.4. The number of nitrogens with one attached hydrogen (secondary N) is 1. The number of nitrogens with zero attached hydrogens (tertiary/aromatic N) is 2. The Morgan fingerprint density at radius 3 is 2.58 bits per heavy atom. The number of H-pyrrole nitrogens is 1. The van der Waals surface area contributed by atoms with Crippen LogP contribution in [0, 0.1) is 0 Å². The zero-order valence-electron chi connectivity index (χ0n) is 18.4. The monoisotopic (exact) mass is 419 g/mol. The van der Waals surface area contributed by atoms with Crippen LogP contribution in [0.3, 0.4) is 0 Å². The van der Waals surface area contributed by atoms with Gasteiger partial charge in [0.2, 0.25) is 0 Å². The zero-order valence-corrected chi connectivity index (χ0v) is 18.4. The van der Waals surface area contributed by atoms with Crippen molar-refractivity contribution in [3.63, 3.8) is 0 Å². The van der Waals surface area contributed by atoms with Crippen molar-refractivity contribution in [1.82, 2.24) is 14.9 Å².